The van der Waals surface area contributed by atoms with E-state index in [2.05, 4.69) is 62.6 Å². The number of carbonyl (C=O) groups excluding carboxylic acids is 1. The molecular formula is C28H47N5O2. The van der Waals surface area contributed by atoms with E-state index in [1.807, 2.05) is 0 Å². The van der Waals surface area contributed by atoms with Crippen LogP contribution >= 0.6 is 0 Å². The number of rotatable bonds is 11. The van der Waals surface area contributed by atoms with Crippen molar-refractivity contribution < 1.29 is 9.53 Å². The van der Waals surface area contributed by atoms with Gasteiger partial charge in [0, 0.05) is 44.9 Å². The van der Waals surface area contributed by atoms with Crippen molar-refractivity contribution in [3.8, 4) is 0 Å². The molecule has 1 aromatic carbocycles. The Labute approximate surface area is 212 Å². The van der Waals surface area contributed by atoms with Gasteiger partial charge in [0.2, 0.25) is 5.91 Å². The average molecular weight is 486 g/mol. The molecule has 3 aliphatic rings. The molecule has 0 unspecified atom stereocenters. The normalized spacial score (nSPS) is 25.8. The summed E-state index contributed by atoms with van der Waals surface area (Å²) < 4.78 is 5.15. The topological polar surface area (TPSA) is 60.1 Å². The van der Waals surface area contributed by atoms with Crippen LogP contribution in [0, 0.1) is 0 Å². The number of piperidine rings is 2. The third kappa shape index (κ3) is 7.73. The Morgan fingerprint density at radius 2 is 1.71 bits per heavy atom. The van der Waals surface area contributed by atoms with Crippen LogP contribution < -0.4 is 10.6 Å². The molecule has 3 aliphatic heterocycles. The van der Waals surface area contributed by atoms with Gasteiger partial charge in [-0.1, -0.05) is 37.3 Å². The molecule has 7 nitrogen and oxygen atoms in total. The summed E-state index contributed by atoms with van der Waals surface area (Å²) in [5.74, 6) is 0.181. The highest BCUT2D eigenvalue weighted by atomic mass is 16.5. The Kier molecular flexibility index (Phi) is 10.4. The summed E-state index contributed by atoms with van der Waals surface area (Å²) in [6, 6.07) is 12.2. The molecule has 2 N–H and O–H groups in total. The third-order valence-corrected chi connectivity index (χ3v) is 8.12. The van der Waals surface area contributed by atoms with Gasteiger partial charge in [0.15, 0.2) is 0 Å². The smallest absolute Gasteiger partial charge is 0.237 e. The van der Waals surface area contributed by atoms with E-state index in [-0.39, 0.29) is 11.9 Å². The number of nitrogens with one attached hydrogen (secondary N) is 2. The number of nitrogens with zero attached hydrogens (tertiary/aromatic N) is 3. The van der Waals surface area contributed by atoms with Crippen LogP contribution in [0.3, 0.4) is 0 Å². The minimum atomic E-state index is -0.0229. The quantitative estimate of drug-likeness (QED) is 0.469. The zero-order valence-corrected chi connectivity index (χ0v) is 22.0. The summed E-state index contributed by atoms with van der Waals surface area (Å²) in [4.78, 5) is 20.8. The van der Waals surface area contributed by atoms with E-state index >= 15 is 0 Å². The molecule has 1 amide bonds. The first-order valence-corrected chi connectivity index (χ1v) is 13.9. The number of benzene rings is 1. The van der Waals surface area contributed by atoms with Crippen LogP contribution in [0.1, 0.15) is 51.0 Å². The highest BCUT2D eigenvalue weighted by molar-refractivity contribution is 5.82. The summed E-state index contributed by atoms with van der Waals surface area (Å²) in [5, 5.41) is 7.10. The molecule has 3 fully saturated rings. The molecule has 2 atom stereocenters. The molecule has 35 heavy (non-hydrogen) atoms. The third-order valence-electron chi connectivity index (χ3n) is 8.12. The Morgan fingerprint density at radius 1 is 1.00 bits per heavy atom. The zero-order chi connectivity index (χ0) is 24.5. The van der Waals surface area contributed by atoms with E-state index in [1.54, 1.807) is 7.11 Å². The van der Waals surface area contributed by atoms with Crippen LogP contribution in [-0.4, -0.2) is 104 Å². The van der Waals surface area contributed by atoms with Crippen molar-refractivity contribution in [3.63, 3.8) is 0 Å². The molecule has 0 bridgehead atoms. The molecule has 0 aliphatic carbocycles. The van der Waals surface area contributed by atoms with E-state index in [4.69, 9.17) is 4.74 Å². The minimum absolute atomic E-state index is 0.0229. The Balaban J connectivity index is 1.29. The molecule has 3 heterocycles. The summed E-state index contributed by atoms with van der Waals surface area (Å²) in [7, 11) is 1.68. The molecule has 0 saturated carbocycles. The SMILES string of the molecule is CCCN1CCC(N2C[C@@H](NC3CCN(Cc4ccccc4)CC3)C[C@H]2C(=O)NCCOC)CC1. The fourth-order valence-electron chi connectivity index (χ4n) is 6.26. The van der Waals surface area contributed by atoms with Crippen molar-refractivity contribution in [2.45, 2.75) is 76.2 Å². The number of likely N-dealkylation sites (tertiary alicyclic amines) is 3. The van der Waals surface area contributed by atoms with Crippen molar-refractivity contribution in [2.75, 3.05) is 59.5 Å². The van der Waals surface area contributed by atoms with Gasteiger partial charge in [-0.2, -0.15) is 0 Å². The monoisotopic (exact) mass is 485 g/mol. The first-order valence-electron chi connectivity index (χ1n) is 13.9. The highest BCUT2D eigenvalue weighted by Gasteiger charge is 2.41. The largest absolute Gasteiger partial charge is 0.383 e. The van der Waals surface area contributed by atoms with E-state index in [9.17, 15) is 4.79 Å². The van der Waals surface area contributed by atoms with Gasteiger partial charge in [0.05, 0.1) is 12.6 Å². The summed E-state index contributed by atoms with van der Waals surface area (Å²) >= 11 is 0. The zero-order valence-electron chi connectivity index (χ0n) is 22.0. The van der Waals surface area contributed by atoms with E-state index in [0.717, 1.165) is 45.7 Å². The van der Waals surface area contributed by atoms with Crippen molar-refractivity contribution >= 4 is 5.91 Å². The second kappa shape index (κ2) is 13.7. The molecule has 0 spiro atoms. The van der Waals surface area contributed by atoms with Crippen LogP contribution in [0.2, 0.25) is 0 Å². The Hall–Kier alpha value is -1.51. The Bertz CT molecular complexity index is 747. The van der Waals surface area contributed by atoms with Crippen LogP contribution in [0.25, 0.3) is 0 Å². The average Bonchev–Trinajstić information content (AvgIpc) is 3.30. The van der Waals surface area contributed by atoms with Gasteiger partial charge in [0.25, 0.3) is 0 Å². The van der Waals surface area contributed by atoms with Gasteiger partial charge in [-0.25, -0.2) is 0 Å². The lowest BCUT2D eigenvalue weighted by molar-refractivity contribution is -0.126. The van der Waals surface area contributed by atoms with Crippen LogP contribution in [0.5, 0.6) is 0 Å². The number of methoxy groups -OCH3 is 1. The first-order chi connectivity index (χ1) is 17.2. The van der Waals surface area contributed by atoms with Crippen molar-refractivity contribution in [1.29, 1.82) is 0 Å². The summed E-state index contributed by atoms with van der Waals surface area (Å²) in [6.07, 6.45) is 6.85. The summed E-state index contributed by atoms with van der Waals surface area (Å²) in [5.41, 5.74) is 1.40. The molecular weight excluding hydrogens is 438 g/mol. The van der Waals surface area contributed by atoms with Gasteiger partial charge in [-0.15, -0.1) is 0 Å². The van der Waals surface area contributed by atoms with Crippen molar-refractivity contribution in [3.05, 3.63) is 35.9 Å². The first kappa shape index (κ1) is 26.6. The predicted octanol–water partition coefficient (Wildman–Crippen LogP) is 2.32. The lowest BCUT2D eigenvalue weighted by Crippen LogP contribution is -2.52. The molecule has 1 aromatic rings. The molecule has 0 radical (unpaired) electrons. The van der Waals surface area contributed by atoms with Crippen LogP contribution in [-0.2, 0) is 16.1 Å². The fourth-order valence-corrected chi connectivity index (χ4v) is 6.26. The molecule has 196 valence electrons. The lowest BCUT2D eigenvalue weighted by Gasteiger charge is -2.39. The van der Waals surface area contributed by atoms with E-state index in [0.29, 0.717) is 31.3 Å². The number of amides is 1. The second-order valence-corrected chi connectivity index (χ2v) is 10.7. The standard InChI is InChI=1S/C28H47N5O2/c1-3-14-31-17-11-26(12-18-31)33-22-25(20-27(33)28(34)29-13-19-35-2)30-24-9-15-32(16-10-24)21-23-7-5-4-6-8-23/h4-8,24-27,30H,3,9-22H2,1-2H3,(H,29,34)/t25-,27-/m0/s1. The van der Waals surface area contributed by atoms with Crippen molar-refractivity contribution in [2.24, 2.45) is 0 Å². The molecule has 4 rings (SSSR count). The second-order valence-electron chi connectivity index (χ2n) is 10.7. The maximum atomic E-state index is 13.1. The number of hydrogen-bond acceptors (Lipinski definition) is 6. The number of ether oxygens (including phenoxy) is 1. The van der Waals surface area contributed by atoms with Crippen molar-refractivity contribution in [1.82, 2.24) is 25.3 Å². The number of hydrogen-bond donors (Lipinski definition) is 2. The maximum absolute atomic E-state index is 13.1. The molecule has 7 heteroatoms. The maximum Gasteiger partial charge on any atom is 0.237 e. The highest BCUT2D eigenvalue weighted by Crippen LogP contribution is 2.28. The lowest BCUT2D eigenvalue weighted by atomic mass is 10.0. The van der Waals surface area contributed by atoms with Gasteiger partial charge < -0.3 is 20.3 Å². The van der Waals surface area contributed by atoms with Crippen LogP contribution in [0.15, 0.2) is 30.3 Å². The van der Waals surface area contributed by atoms with E-state index < -0.39 is 0 Å². The van der Waals surface area contributed by atoms with Gasteiger partial charge in [0.1, 0.15) is 0 Å². The molecule has 3 saturated heterocycles. The number of carbonyl (C=O) groups is 1. The van der Waals surface area contributed by atoms with Crippen LogP contribution in [0.4, 0.5) is 0 Å². The van der Waals surface area contributed by atoms with E-state index in [1.165, 1.54) is 44.2 Å². The minimum Gasteiger partial charge on any atom is -0.383 e. The fraction of sp³-hybridized carbons (Fsp3) is 0.750. The molecule has 0 aromatic heterocycles. The summed E-state index contributed by atoms with van der Waals surface area (Å²) in [6.45, 7) is 11.2. The van der Waals surface area contributed by atoms with Gasteiger partial charge in [-0.05, 0) is 76.8 Å². The Morgan fingerprint density at radius 3 is 2.40 bits per heavy atom. The van der Waals surface area contributed by atoms with Gasteiger partial charge >= 0.3 is 0 Å². The van der Waals surface area contributed by atoms with Gasteiger partial charge in [-0.3, -0.25) is 14.6 Å². The predicted molar refractivity (Wildman–Crippen MR) is 141 cm³/mol.